The molecule has 1 N–H and O–H groups in total. The van der Waals surface area contributed by atoms with Gasteiger partial charge in [-0.3, -0.25) is 4.79 Å². The topological polar surface area (TPSA) is 66.3 Å². The molecule has 1 saturated carbocycles. The van der Waals surface area contributed by atoms with Gasteiger partial charge in [-0.25, -0.2) is 9.97 Å². The lowest BCUT2D eigenvalue weighted by Gasteiger charge is -2.36. The zero-order valence-corrected chi connectivity index (χ0v) is 16.0. The number of hydrogen-bond acceptors (Lipinski definition) is 5. The first-order valence-electron chi connectivity index (χ1n) is 9.87. The van der Waals surface area contributed by atoms with Gasteiger partial charge in [0.15, 0.2) is 0 Å². The number of anilines is 3. The molecule has 1 saturated heterocycles. The summed E-state index contributed by atoms with van der Waals surface area (Å²) in [7, 11) is 2.08. The smallest absolute Gasteiger partial charge is 0.228 e. The van der Waals surface area contributed by atoms with Gasteiger partial charge in [-0.1, -0.05) is 12.1 Å². The number of aromatic nitrogens is 3. The summed E-state index contributed by atoms with van der Waals surface area (Å²) in [5.41, 5.74) is 3.29. The molecule has 0 atom stereocenters. The average Bonchev–Trinajstić information content (AvgIpc) is 3.53. The highest BCUT2D eigenvalue weighted by atomic mass is 16.2. The van der Waals surface area contributed by atoms with E-state index in [1.54, 1.807) is 0 Å². The molecule has 2 aromatic heterocycles. The number of para-hydroxylation sites is 2. The van der Waals surface area contributed by atoms with Gasteiger partial charge >= 0.3 is 0 Å². The fourth-order valence-corrected chi connectivity index (χ4v) is 3.80. The van der Waals surface area contributed by atoms with Crippen molar-refractivity contribution in [2.24, 2.45) is 13.0 Å². The van der Waals surface area contributed by atoms with Crippen LogP contribution in [-0.2, 0) is 11.8 Å². The van der Waals surface area contributed by atoms with Crippen molar-refractivity contribution in [3.8, 4) is 0 Å². The summed E-state index contributed by atoms with van der Waals surface area (Å²) >= 11 is 0. The quantitative estimate of drug-likeness (QED) is 0.758. The number of rotatable bonds is 4. The summed E-state index contributed by atoms with van der Waals surface area (Å²) in [6.45, 7) is 3.66. The minimum absolute atomic E-state index is 0.0938. The Kier molecular flexibility index (Phi) is 4.15. The van der Waals surface area contributed by atoms with E-state index in [1.807, 2.05) is 24.4 Å². The number of pyridine rings is 1. The number of benzene rings is 1. The molecule has 5 rings (SSSR count). The number of carbonyl (C=O) groups is 1. The summed E-state index contributed by atoms with van der Waals surface area (Å²) in [4.78, 5) is 25.8. The second kappa shape index (κ2) is 6.82. The first-order chi connectivity index (χ1) is 13.7. The van der Waals surface area contributed by atoms with Crippen LogP contribution >= 0.6 is 0 Å². The first kappa shape index (κ1) is 17.0. The molecule has 1 aliphatic heterocycles. The minimum atomic E-state index is 0.0938. The number of amides is 1. The molecule has 0 bridgehead atoms. The summed E-state index contributed by atoms with van der Waals surface area (Å²) < 4.78 is 2.17. The van der Waals surface area contributed by atoms with Crippen LogP contribution in [0.2, 0.25) is 0 Å². The van der Waals surface area contributed by atoms with Crippen LogP contribution in [0.5, 0.6) is 0 Å². The van der Waals surface area contributed by atoms with Gasteiger partial charge in [0.1, 0.15) is 5.82 Å². The molecule has 1 amide bonds. The number of imidazole rings is 1. The summed E-state index contributed by atoms with van der Waals surface area (Å²) in [5, 5.41) is 2.89. The van der Waals surface area contributed by atoms with Crippen LogP contribution in [0.3, 0.4) is 0 Å². The molecular formula is C21H24N6O. The third kappa shape index (κ3) is 3.17. The van der Waals surface area contributed by atoms with Crippen molar-refractivity contribution in [2.45, 2.75) is 12.8 Å². The SMILES string of the molecule is Cn1c(N2CCN(c3ccc(NC(=O)C4CC4)nc3)CC2)nc2ccccc21. The summed E-state index contributed by atoms with van der Waals surface area (Å²) in [5.74, 6) is 1.95. The summed E-state index contributed by atoms with van der Waals surface area (Å²) in [6, 6.07) is 12.2. The number of hydrogen-bond donors (Lipinski definition) is 1. The lowest BCUT2D eigenvalue weighted by atomic mass is 10.2. The molecule has 0 unspecified atom stereocenters. The maximum atomic E-state index is 11.8. The van der Waals surface area contributed by atoms with Crippen molar-refractivity contribution >= 4 is 34.4 Å². The highest BCUT2D eigenvalue weighted by Gasteiger charge is 2.29. The molecule has 1 aliphatic carbocycles. The van der Waals surface area contributed by atoms with Gasteiger partial charge in [-0.2, -0.15) is 0 Å². The molecule has 0 radical (unpaired) electrons. The van der Waals surface area contributed by atoms with E-state index in [4.69, 9.17) is 4.98 Å². The van der Waals surface area contributed by atoms with Gasteiger partial charge in [0.05, 0.1) is 22.9 Å². The Morgan fingerprint density at radius 3 is 2.46 bits per heavy atom. The molecule has 7 nitrogen and oxygen atoms in total. The van der Waals surface area contributed by atoms with E-state index in [0.717, 1.165) is 61.7 Å². The second-order valence-electron chi connectivity index (χ2n) is 7.60. The Labute approximate surface area is 164 Å². The third-order valence-electron chi connectivity index (χ3n) is 5.64. The van der Waals surface area contributed by atoms with Crippen molar-refractivity contribution in [3.63, 3.8) is 0 Å². The van der Waals surface area contributed by atoms with Crippen LogP contribution in [0.25, 0.3) is 11.0 Å². The van der Waals surface area contributed by atoms with Gasteiger partial charge in [0, 0.05) is 39.1 Å². The van der Waals surface area contributed by atoms with Crippen LogP contribution in [0.1, 0.15) is 12.8 Å². The number of nitrogens with one attached hydrogen (secondary N) is 1. The van der Waals surface area contributed by atoms with Gasteiger partial charge in [0.2, 0.25) is 11.9 Å². The van der Waals surface area contributed by atoms with Crippen LogP contribution in [0.4, 0.5) is 17.5 Å². The molecule has 7 heteroatoms. The number of nitrogens with zero attached hydrogens (tertiary/aromatic N) is 5. The fraction of sp³-hybridized carbons (Fsp3) is 0.381. The first-order valence-corrected chi connectivity index (χ1v) is 9.87. The Balaban J connectivity index is 1.24. The van der Waals surface area contributed by atoms with Crippen molar-refractivity contribution in [3.05, 3.63) is 42.6 Å². The third-order valence-corrected chi connectivity index (χ3v) is 5.64. The van der Waals surface area contributed by atoms with E-state index in [-0.39, 0.29) is 11.8 Å². The Bertz CT molecular complexity index is 999. The van der Waals surface area contributed by atoms with Crippen molar-refractivity contribution < 1.29 is 4.79 Å². The van der Waals surface area contributed by atoms with E-state index < -0.39 is 0 Å². The maximum absolute atomic E-state index is 11.8. The molecule has 0 spiro atoms. The van der Waals surface area contributed by atoms with E-state index in [1.165, 1.54) is 0 Å². The molecule has 3 heterocycles. The number of aryl methyl sites for hydroxylation is 1. The molecule has 144 valence electrons. The fourth-order valence-electron chi connectivity index (χ4n) is 3.80. The number of piperazine rings is 1. The lowest BCUT2D eigenvalue weighted by molar-refractivity contribution is -0.117. The van der Waals surface area contributed by atoms with Gasteiger partial charge in [0.25, 0.3) is 0 Å². The van der Waals surface area contributed by atoms with Crippen LogP contribution in [0.15, 0.2) is 42.6 Å². The number of fused-ring (bicyclic) bond motifs is 1. The van der Waals surface area contributed by atoms with Gasteiger partial charge in [-0.15, -0.1) is 0 Å². The molecule has 3 aromatic rings. The van der Waals surface area contributed by atoms with E-state index >= 15 is 0 Å². The second-order valence-corrected chi connectivity index (χ2v) is 7.60. The minimum Gasteiger partial charge on any atom is -0.367 e. The molecule has 2 aliphatic rings. The highest BCUT2D eigenvalue weighted by Crippen LogP contribution is 2.30. The Hall–Kier alpha value is -3.09. The van der Waals surface area contributed by atoms with Crippen LogP contribution in [0, 0.1) is 5.92 Å². The molecule has 1 aromatic carbocycles. The van der Waals surface area contributed by atoms with Crippen LogP contribution in [-0.4, -0.2) is 46.6 Å². The normalized spacial score (nSPS) is 17.2. The molecular weight excluding hydrogens is 352 g/mol. The zero-order valence-electron chi connectivity index (χ0n) is 16.0. The van der Waals surface area contributed by atoms with E-state index in [0.29, 0.717) is 5.82 Å². The number of carbonyl (C=O) groups excluding carboxylic acids is 1. The van der Waals surface area contributed by atoms with Crippen LogP contribution < -0.4 is 15.1 Å². The Morgan fingerprint density at radius 1 is 1.04 bits per heavy atom. The van der Waals surface area contributed by atoms with E-state index in [9.17, 15) is 4.79 Å². The summed E-state index contributed by atoms with van der Waals surface area (Å²) in [6.07, 6.45) is 3.85. The van der Waals surface area contributed by atoms with Crippen molar-refractivity contribution in [1.29, 1.82) is 0 Å². The highest BCUT2D eigenvalue weighted by molar-refractivity contribution is 5.93. The zero-order chi connectivity index (χ0) is 19.1. The lowest BCUT2D eigenvalue weighted by Crippen LogP contribution is -2.47. The Morgan fingerprint density at radius 2 is 1.79 bits per heavy atom. The molecule has 2 fully saturated rings. The monoisotopic (exact) mass is 376 g/mol. The molecule has 28 heavy (non-hydrogen) atoms. The van der Waals surface area contributed by atoms with E-state index in [2.05, 4.69) is 49.9 Å². The average molecular weight is 376 g/mol. The predicted octanol–water partition coefficient (Wildman–Crippen LogP) is 2.64. The van der Waals surface area contributed by atoms with Crippen molar-refractivity contribution in [2.75, 3.05) is 41.3 Å². The van der Waals surface area contributed by atoms with Gasteiger partial charge < -0.3 is 19.7 Å². The largest absolute Gasteiger partial charge is 0.367 e. The standard InChI is InChI=1S/C21H24N6O/c1-25-18-5-3-2-4-17(18)23-21(25)27-12-10-26(11-13-27)16-8-9-19(22-14-16)24-20(28)15-6-7-15/h2-5,8-9,14-15H,6-7,10-13H2,1H3,(H,22,24,28). The predicted molar refractivity (Wildman–Crippen MR) is 111 cm³/mol. The maximum Gasteiger partial charge on any atom is 0.228 e. The van der Waals surface area contributed by atoms with Gasteiger partial charge in [-0.05, 0) is 37.1 Å². The van der Waals surface area contributed by atoms with Crippen molar-refractivity contribution in [1.82, 2.24) is 14.5 Å².